The van der Waals surface area contributed by atoms with Crippen LogP contribution in [0.4, 0.5) is 11.5 Å². The van der Waals surface area contributed by atoms with E-state index in [1.165, 1.54) is 30.3 Å². The van der Waals surface area contributed by atoms with E-state index in [-0.39, 0.29) is 16.3 Å². The average molecular weight is 382 g/mol. The van der Waals surface area contributed by atoms with Gasteiger partial charge in [0.2, 0.25) is 0 Å². The van der Waals surface area contributed by atoms with Gasteiger partial charge in [-0.15, -0.1) is 0 Å². The molecule has 0 spiro atoms. The van der Waals surface area contributed by atoms with Crippen molar-refractivity contribution in [2.24, 2.45) is 0 Å². The average Bonchev–Trinajstić information content (AvgIpc) is 3.06. The van der Waals surface area contributed by atoms with E-state index in [2.05, 4.69) is 15.2 Å². The maximum atomic E-state index is 12.5. The molecule has 0 unspecified atom stereocenters. The number of nitriles is 1. The zero-order valence-electron chi connectivity index (χ0n) is 14.1. The molecule has 0 fully saturated rings. The number of benzene rings is 2. The van der Waals surface area contributed by atoms with E-state index < -0.39 is 15.9 Å². The fraction of sp³-hybridized carbons (Fsp3) is 0.0556. The minimum Gasteiger partial charge on any atom is -0.360 e. The van der Waals surface area contributed by atoms with Crippen LogP contribution in [-0.2, 0) is 10.0 Å². The van der Waals surface area contributed by atoms with Gasteiger partial charge in [-0.1, -0.05) is 11.2 Å². The summed E-state index contributed by atoms with van der Waals surface area (Å²) in [6.45, 7) is 1.64. The number of amides is 1. The monoisotopic (exact) mass is 382 g/mol. The normalized spacial score (nSPS) is 10.8. The maximum Gasteiger partial charge on any atom is 0.263 e. The molecule has 0 bridgehead atoms. The van der Waals surface area contributed by atoms with Gasteiger partial charge in [0, 0.05) is 17.3 Å². The first-order chi connectivity index (χ1) is 12.9. The molecule has 2 N–H and O–H groups in total. The third kappa shape index (κ3) is 4.31. The number of sulfonamides is 1. The SMILES string of the molecule is Cc1cc(NS(=O)(=O)c2cccc(C(=O)Nc3ccc(C#N)cc3)c2)no1. The van der Waals surface area contributed by atoms with Gasteiger partial charge < -0.3 is 9.84 Å². The molecule has 9 heteroatoms. The number of hydrogen-bond donors (Lipinski definition) is 2. The van der Waals surface area contributed by atoms with Gasteiger partial charge in [0.05, 0.1) is 16.5 Å². The molecule has 3 rings (SSSR count). The standard InChI is InChI=1S/C18H14N4O4S/c1-12-9-17(21-26-12)22-27(24,25)16-4-2-3-14(10-16)18(23)20-15-7-5-13(11-19)6-8-15/h2-10H,1H3,(H,20,23)(H,21,22). The highest BCUT2D eigenvalue weighted by Gasteiger charge is 2.18. The molecule has 27 heavy (non-hydrogen) atoms. The van der Waals surface area contributed by atoms with Crippen molar-refractivity contribution in [3.8, 4) is 6.07 Å². The molecule has 0 radical (unpaired) electrons. The zero-order valence-corrected chi connectivity index (χ0v) is 14.9. The van der Waals surface area contributed by atoms with Gasteiger partial charge in [-0.2, -0.15) is 5.26 Å². The molecule has 0 aliphatic rings. The van der Waals surface area contributed by atoms with Crippen molar-refractivity contribution in [3.63, 3.8) is 0 Å². The number of carbonyl (C=O) groups excluding carboxylic acids is 1. The lowest BCUT2D eigenvalue weighted by atomic mass is 10.2. The van der Waals surface area contributed by atoms with Crippen LogP contribution in [0.2, 0.25) is 0 Å². The van der Waals surface area contributed by atoms with Crippen LogP contribution in [0.5, 0.6) is 0 Å². The smallest absolute Gasteiger partial charge is 0.263 e. The first kappa shape index (κ1) is 18.2. The van der Waals surface area contributed by atoms with Gasteiger partial charge in [-0.25, -0.2) is 8.42 Å². The molecule has 1 aromatic heterocycles. The van der Waals surface area contributed by atoms with Crippen LogP contribution in [0.15, 0.2) is 64.0 Å². The Morgan fingerprint density at radius 2 is 1.89 bits per heavy atom. The lowest BCUT2D eigenvalue weighted by Gasteiger charge is -2.08. The van der Waals surface area contributed by atoms with E-state index in [4.69, 9.17) is 9.78 Å². The minimum atomic E-state index is -3.93. The molecule has 1 heterocycles. The number of hydrogen-bond acceptors (Lipinski definition) is 6. The van der Waals surface area contributed by atoms with Crippen LogP contribution in [-0.4, -0.2) is 19.5 Å². The number of aromatic nitrogens is 1. The molecule has 0 aliphatic heterocycles. The summed E-state index contributed by atoms with van der Waals surface area (Å²) in [5.74, 6) is 0.0391. The van der Waals surface area contributed by atoms with Crippen LogP contribution in [0, 0.1) is 18.3 Å². The summed E-state index contributed by atoms with van der Waals surface area (Å²) in [4.78, 5) is 12.3. The summed E-state index contributed by atoms with van der Waals surface area (Å²) >= 11 is 0. The molecule has 2 aromatic carbocycles. The van der Waals surface area contributed by atoms with E-state index in [0.29, 0.717) is 17.0 Å². The Morgan fingerprint density at radius 1 is 1.15 bits per heavy atom. The van der Waals surface area contributed by atoms with Gasteiger partial charge in [0.1, 0.15) is 5.76 Å². The topological polar surface area (TPSA) is 125 Å². The van der Waals surface area contributed by atoms with Crippen LogP contribution in [0.3, 0.4) is 0 Å². The Labute approximate surface area is 155 Å². The molecule has 3 aromatic rings. The Hall–Kier alpha value is -3.64. The Morgan fingerprint density at radius 3 is 2.52 bits per heavy atom. The Kier molecular flexibility index (Phi) is 4.92. The fourth-order valence-corrected chi connectivity index (χ4v) is 3.28. The minimum absolute atomic E-state index is 0.0555. The van der Waals surface area contributed by atoms with E-state index >= 15 is 0 Å². The molecule has 0 saturated carbocycles. The number of carbonyl (C=O) groups is 1. The number of aryl methyl sites for hydroxylation is 1. The van der Waals surface area contributed by atoms with Crippen molar-refractivity contribution in [1.82, 2.24) is 5.16 Å². The zero-order chi connectivity index (χ0) is 19.4. The highest BCUT2D eigenvalue weighted by molar-refractivity contribution is 7.92. The summed E-state index contributed by atoms with van der Waals surface area (Å²) in [5.41, 5.74) is 1.12. The Balaban J connectivity index is 1.79. The predicted octanol–water partition coefficient (Wildman–Crippen LogP) is 2.91. The lowest BCUT2D eigenvalue weighted by molar-refractivity contribution is 0.102. The summed E-state index contributed by atoms with van der Waals surface area (Å²) in [6, 6.07) is 15.3. The summed E-state index contributed by atoms with van der Waals surface area (Å²) < 4.78 is 32.0. The van der Waals surface area contributed by atoms with Crippen LogP contribution in [0.25, 0.3) is 0 Å². The van der Waals surface area contributed by atoms with E-state index in [0.717, 1.165) is 0 Å². The van der Waals surface area contributed by atoms with E-state index in [9.17, 15) is 13.2 Å². The summed E-state index contributed by atoms with van der Waals surface area (Å²) in [6.07, 6.45) is 0. The Bertz CT molecular complexity index is 1130. The van der Waals surface area contributed by atoms with E-state index in [1.807, 2.05) is 6.07 Å². The third-order valence-corrected chi connectivity index (χ3v) is 4.90. The largest absolute Gasteiger partial charge is 0.360 e. The van der Waals surface area contributed by atoms with Gasteiger partial charge in [-0.05, 0) is 49.4 Å². The summed E-state index contributed by atoms with van der Waals surface area (Å²) in [7, 11) is -3.93. The van der Waals surface area contributed by atoms with Crippen molar-refractivity contribution in [2.75, 3.05) is 10.0 Å². The van der Waals surface area contributed by atoms with E-state index in [1.54, 1.807) is 31.2 Å². The highest BCUT2D eigenvalue weighted by atomic mass is 32.2. The van der Waals surface area contributed by atoms with Gasteiger partial charge in [-0.3, -0.25) is 9.52 Å². The molecule has 0 atom stereocenters. The van der Waals surface area contributed by atoms with Crippen LogP contribution >= 0.6 is 0 Å². The first-order valence-corrected chi connectivity index (χ1v) is 9.23. The van der Waals surface area contributed by atoms with Crippen molar-refractivity contribution >= 4 is 27.4 Å². The third-order valence-electron chi connectivity index (χ3n) is 3.55. The molecule has 8 nitrogen and oxygen atoms in total. The number of anilines is 2. The second-order valence-corrected chi connectivity index (χ2v) is 7.28. The second-order valence-electron chi connectivity index (χ2n) is 5.60. The van der Waals surface area contributed by atoms with Crippen LogP contribution in [0.1, 0.15) is 21.7 Å². The number of nitrogens with one attached hydrogen (secondary N) is 2. The van der Waals surface area contributed by atoms with Crippen molar-refractivity contribution in [1.29, 1.82) is 5.26 Å². The van der Waals surface area contributed by atoms with Crippen molar-refractivity contribution in [2.45, 2.75) is 11.8 Å². The number of nitrogens with zero attached hydrogens (tertiary/aromatic N) is 2. The molecule has 1 amide bonds. The molecule has 136 valence electrons. The molecular formula is C18H14N4O4S. The second kappa shape index (κ2) is 7.31. The summed E-state index contributed by atoms with van der Waals surface area (Å²) in [5, 5.41) is 15.0. The van der Waals surface area contributed by atoms with Crippen molar-refractivity contribution < 1.29 is 17.7 Å². The fourth-order valence-electron chi connectivity index (χ4n) is 2.25. The quantitative estimate of drug-likeness (QED) is 0.699. The maximum absolute atomic E-state index is 12.5. The van der Waals surface area contributed by atoms with Gasteiger partial charge >= 0.3 is 0 Å². The molecular weight excluding hydrogens is 368 g/mol. The lowest BCUT2D eigenvalue weighted by Crippen LogP contribution is -2.16. The molecule has 0 aliphatic carbocycles. The highest BCUT2D eigenvalue weighted by Crippen LogP contribution is 2.18. The predicted molar refractivity (Wildman–Crippen MR) is 97.6 cm³/mol. The van der Waals surface area contributed by atoms with Gasteiger partial charge in [0.15, 0.2) is 5.82 Å². The first-order valence-electron chi connectivity index (χ1n) is 7.75. The van der Waals surface area contributed by atoms with Crippen molar-refractivity contribution in [3.05, 3.63) is 71.5 Å². The number of rotatable bonds is 5. The molecule has 0 saturated heterocycles. The van der Waals surface area contributed by atoms with Gasteiger partial charge in [0.25, 0.3) is 15.9 Å². The van der Waals surface area contributed by atoms with Crippen LogP contribution < -0.4 is 10.0 Å².